The molecule has 3 nitrogen and oxygen atoms in total. The highest BCUT2D eigenvalue weighted by molar-refractivity contribution is 9.10. The monoisotopic (exact) mass is 269 g/mol. The highest BCUT2D eigenvalue weighted by atomic mass is 79.9. The summed E-state index contributed by atoms with van der Waals surface area (Å²) in [6.45, 7) is 1.33. The van der Waals surface area contributed by atoms with Gasteiger partial charge < -0.3 is 10.1 Å². The van der Waals surface area contributed by atoms with Crippen molar-refractivity contribution < 1.29 is 9.53 Å². The van der Waals surface area contributed by atoms with Crippen LogP contribution in [0.1, 0.15) is 6.42 Å². The fraction of sp³-hybridized carbons (Fsp3) is 0.364. The van der Waals surface area contributed by atoms with E-state index in [1.165, 1.54) is 0 Å². The number of carbonyl (C=O) groups is 1. The second kappa shape index (κ2) is 4.66. The van der Waals surface area contributed by atoms with Crippen molar-refractivity contribution in [2.24, 2.45) is 5.92 Å². The van der Waals surface area contributed by atoms with Crippen LogP contribution in [0.3, 0.4) is 0 Å². The van der Waals surface area contributed by atoms with E-state index >= 15 is 0 Å². The number of benzene rings is 1. The smallest absolute Gasteiger partial charge is 0.220 e. The van der Waals surface area contributed by atoms with Gasteiger partial charge in [-0.05, 0) is 24.3 Å². The molecule has 0 aromatic heterocycles. The Morgan fingerprint density at radius 3 is 2.73 bits per heavy atom. The highest BCUT2D eigenvalue weighted by Gasteiger charge is 2.21. The first-order valence-electron chi connectivity index (χ1n) is 4.89. The molecule has 1 aromatic rings. The Morgan fingerprint density at radius 1 is 1.40 bits per heavy atom. The Balaban J connectivity index is 1.83. The van der Waals surface area contributed by atoms with E-state index in [0.29, 0.717) is 18.9 Å². The van der Waals surface area contributed by atoms with Gasteiger partial charge in [-0.2, -0.15) is 0 Å². The van der Waals surface area contributed by atoms with Gasteiger partial charge in [-0.25, -0.2) is 0 Å². The fourth-order valence-corrected chi connectivity index (χ4v) is 1.79. The quantitative estimate of drug-likeness (QED) is 0.911. The standard InChI is InChI=1S/C11H12BrNO2/c12-9-1-3-10(4-2-9)15-7-8-5-11(14)13-6-8/h1-4,8H,5-7H2,(H,13,14)/t8-/m0/s1. The van der Waals surface area contributed by atoms with Gasteiger partial charge in [0.25, 0.3) is 0 Å². The predicted octanol–water partition coefficient (Wildman–Crippen LogP) is 1.96. The number of halogens is 1. The summed E-state index contributed by atoms with van der Waals surface area (Å²) in [5, 5.41) is 2.79. The zero-order valence-electron chi connectivity index (χ0n) is 8.20. The van der Waals surface area contributed by atoms with Crippen LogP contribution in [-0.4, -0.2) is 19.1 Å². The zero-order valence-corrected chi connectivity index (χ0v) is 9.79. The summed E-state index contributed by atoms with van der Waals surface area (Å²) < 4.78 is 6.61. The molecule has 1 aromatic carbocycles. The first kappa shape index (κ1) is 10.5. The predicted molar refractivity (Wildman–Crippen MR) is 60.8 cm³/mol. The molecule has 1 fully saturated rings. The molecule has 80 valence electrons. The van der Waals surface area contributed by atoms with Crippen molar-refractivity contribution in [1.29, 1.82) is 0 Å². The lowest BCUT2D eigenvalue weighted by atomic mass is 10.1. The Bertz CT molecular complexity index is 350. The van der Waals surface area contributed by atoms with Gasteiger partial charge in [0.15, 0.2) is 0 Å². The van der Waals surface area contributed by atoms with Gasteiger partial charge in [-0.3, -0.25) is 4.79 Å². The van der Waals surface area contributed by atoms with Crippen molar-refractivity contribution >= 4 is 21.8 Å². The number of nitrogens with one attached hydrogen (secondary N) is 1. The minimum atomic E-state index is 0.124. The number of ether oxygens (including phenoxy) is 1. The SMILES string of the molecule is O=C1C[C@H](COc2ccc(Br)cc2)CN1. The first-order valence-corrected chi connectivity index (χ1v) is 5.68. The molecule has 0 radical (unpaired) electrons. The van der Waals surface area contributed by atoms with Crippen molar-refractivity contribution in [3.63, 3.8) is 0 Å². The third-order valence-electron chi connectivity index (χ3n) is 2.36. The second-order valence-corrected chi connectivity index (χ2v) is 4.55. The van der Waals surface area contributed by atoms with Crippen LogP contribution in [0.5, 0.6) is 5.75 Å². The van der Waals surface area contributed by atoms with Crippen molar-refractivity contribution in [3.05, 3.63) is 28.7 Å². The number of amides is 1. The van der Waals surface area contributed by atoms with Crippen LogP contribution in [0.4, 0.5) is 0 Å². The summed E-state index contributed by atoms with van der Waals surface area (Å²) >= 11 is 3.36. The Kier molecular flexibility index (Phi) is 3.26. The minimum absolute atomic E-state index is 0.124. The molecule has 1 heterocycles. The van der Waals surface area contributed by atoms with Crippen LogP contribution in [0, 0.1) is 5.92 Å². The van der Waals surface area contributed by atoms with Crippen molar-refractivity contribution in [2.45, 2.75) is 6.42 Å². The Labute approximate surface area is 96.9 Å². The van der Waals surface area contributed by atoms with Crippen LogP contribution < -0.4 is 10.1 Å². The highest BCUT2D eigenvalue weighted by Crippen LogP contribution is 2.18. The molecule has 4 heteroatoms. The van der Waals surface area contributed by atoms with Crippen molar-refractivity contribution in [1.82, 2.24) is 5.32 Å². The lowest BCUT2D eigenvalue weighted by molar-refractivity contribution is -0.119. The molecular formula is C11H12BrNO2. The molecule has 1 amide bonds. The Morgan fingerprint density at radius 2 is 2.13 bits per heavy atom. The van der Waals surface area contributed by atoms with E-state index in [1.54, 1.807) is 0 Å². The lowest BCUT2D eigenvalue weighted by Crippen LogP contribution is -2.16. The van der Waals surface area contributed by atoms with Gasteiger partial charge in [-0.1, -0.05) is 15.9 Å². The summed E-state index contributed by atoms with van der Waals surface area (Å²) in [5.74, 6) is 1.28. The van der Waals surface area contributed by atoms with Gasteiger partial charge in [-0.15, -0.1) is 0 Å². The topological polar surface area (TPSA) is 38.3 Å². The van der Waals surface area contributed by atoms with E-state index in [4.69, 9.17) is 4.74 Å². The molecule has 0 aliphatic carbocycles. The molecular weight excluding hydrogens is 258 g/mol. The van der Waals surface area contributed by atoms with Gasteiger partial charge in [0.05, 0.1) is 6.61 Å². The van der Waals surface area contributed by atoms with E-state index in [9.17, 15) is 4.79 Å². The molecule has 1 aliphatic heterocycles. The van der Waals surface area contributed by atoms with Crippen molar-refractivity contribution in [2.75, 3.05) is 13.2 Å². The number of hydrogen-bond donors (Lipinski definition) is 1. The van der Waals surface area contributed by atoms with Gasteiger partial charge >= 0.3 is 0 Å². The van der Waals surface area contributed by atoms with E-state index in [1.807, 2.05) is 24.3 Å². The van der Waals surface area contributed by atoms with E-state index in [-0.39, 0.29) is 5.91 Å². The van der Waals surface area contributed by atoms with Gasteiger partial charge in [0.2, 0.25) is 5.91 Å². The first-order chi connectivity index (χ1) is 7.24. The average Bonchev–Trinajstić information content (AvgIpc) is 2.64. The lowest BCUT2D eigenvalue weighted by Gasteiger charge is -2.09. The van der Waals surface area contributed by atoms with E-state index in [0.717, 1.165) is 16.8 Å². The van der Waals surface area contributed by atoms with Crippen LogP contribution in [0.15, 0.2) is 28.7 Å². The number of rotatable bonds is 3. The summed E-state index contributed by atoms with van der Waals surface area (Å²) in [6, 6.07) is 7.70. The third kappa shape index (κ3) is 2.96. The number of carbonyl (C=O) groups excluding carboxylic acids is 1. The van der Waals surface area contributed by atoms with Crippen LogP contribution >= 0.6 is 15.9 Å². The van der Waals surface area contributed by atoms with E-state index < -0.39 is 0 Å². The molecule has 1 N–H and O–H groups in total. The fourth-order valence-electron chi connectivity index (χ4n) is 1.53. The third-order valence-corrected chi connectivity index (χ3v) is 2.89. The maximum Gasteiger partial charge on any atom is 0.220 e. The Hall–Kier alpha value is -1.03. The molecule has 0 bridgehead atoms. The normalized spacial score (nSPS) is 20.1. The molecule has 1 saturated heterocycles. The van der Waals surface area contributed by atoms with Gasteiger partial charge in [0.1, 0.15) is 5.75 Å². The summed E-state index contributed by atoms with van der Waals surface area (Å²) in [6.07, 6.45) is 0.580. The summed E-state index contributed by atoms with van der Waals surface area (Å²) in [5.41, 5.74) is 0. The summed E-state index contributed by atoms with van der Waals surface area (Å²) in [4.78, 5) is 10.9. The molecule has 1 atom stereocenters. The molecule has 1 aliphatic rings. The van der Waals surface area contributed by atoms with Crippen molar-refractivity contribution in [3.8, 4) is 5.75 Å². The molecule has 0 spiro atoms. The zero-order chi connectivity index (χ0) is 10.7. The molecule has 15 heavy (non-hydrogen) atoms. The second-order valence-electron chi connectivity index (χ2n) is 3.64. The van der Waals surface area contributed by atoms with E-state index in [2.05, 4.69) is 21.2 Å². The summed E-state index contributed by atoms with van der Waals surface area (Å²) in [7, 11) is 0. The molecule has 2 rings (SSSR count). The van der Waals surface area contributed by atoms with Crippen LogP contribution in [0.25, 0.3) is 0 Å². The largest absolute Gasteiger partial charge is 0.493 e. The van der Waals surface area contributed by atoms with Gasteiger partial charge in [0, 0.05) is 23.4 Å². The van der Waals surface area contributed by atoms with Crippen LogP contribution in [0.2, 0.25) is 0 Å². The van der Waals surface area contributed by atoms with Crippen LogP contribution in [-0.2, 0) is 4.79 Å². The average molecular weight is 270 g/mol. The minimum Gasteiger partial charge on any atom is -0.493 e. The molecule has 0 unspecified atom stereocenters. The maximum atomic E-state index is 10.9. The maximum absolute atomic E-state index is 10.9. The molecule has 0 saturated carbocycles. The number of hydrogen-bond acceptors (Lipinski definition) is 2.